The standard InChI is InChI=1S/C25H38O5.C24H35NO5.C24H33NO4.C23H33NO5.C23H34O5/c1-4-28-5-6-29-23(26)21-19-10-20(15(3)14(19)2)22(21)24(27)30-25-11-16-7-17(12-25)9-18(8-16)13-25;1-10-11(2)18-9-17(10)19(22(26)25-12(3)23(27)28)20(18)24(29)30-21-15-5-13-4-14(7-15)8-16(21)6-13;1-13-14(2)19-9-18(13)20(22(26)28-5-3-4-25)21(19)23(27)29-24-10-15-6-16(11-24)8-17(7-15)12-24;1-10-11(2)17-8-16(10)19(22(27)24-9-18(25)26)20(17)23(28)29-21-14-4-12-3-13(6-14)7-15(21)5-12;1-12-13(2)18-8-17(12)19(21(25)27-4-3-24)20(18)22(26)28-23-9-14-5-15(10-23)7-16(6-14)11-23/h14-22H,4-13H2,1-3H3;10-21H,4-9H2,1-3H3,(H,25,26)(H,27,28);13-21H,3,5-12H2,1-2H3;10-17,19-21H,3-9H2,1-2H3,(H,24,27)(H,25,26);12-20,24H,3-11H2,1-2H3. The summed E-state index contributed by atoms with van der Waals surface area (Å²) in [6, 6.07) is 1.06. The smallest absolute Gasteiger partial charge is 0.325 e. The minimum absolute atomic E-state index is 0.00734. The van der Waals surface area contributed by atoms with Gasteiger partial charge in [0.25, 0.3) is 0 Å². The number of carbonyl (C=O) groups is 12. The van der Waals surface area contributed by atoms with E-state index in [0.29, 0.717) is 96.1 Å². The number of amides is 2. The Morgan fingerprint density at radius 1 is 0.315 bits per heavy atom. The number of aliphatic carboxylic acids is 2. The lowest BCUT2D eigenvalue weighted by atomic mass is 9.54. The van der Waals surface area contributed by atoms with Gasteiger partial charge in [0.15, 0.2) is 0 Å². The molecular weight excluding hydrogens is 1860 g/mol. The first kappa shape index (κ1) is 105. The molecule has 30 aliphatic carbocycles. The van der Waals surface area contributed by atoms with E-state index in [1.165, 1.54) is 129 Å². The maximum absolute atomic E-state index is 13.6. The number of fused-ring (bicyclic) bond motifs is 10. The van der Waals surface area contributed by atoms with Crippen LogP contribution >= 0.6 is 0 Å². The highest BCUT2D eigenvalue weighted by atomic mass is 16.6. The first-order valence-corrected chi connectivity index (χ1v) is 59.0. The third-order valence-electron chi connectivity index (χ3n) is 47.2. The normalized spacial score (nSPS) is 49.2. The summed E-state index contributed by atoms with van der Waals surface area (Å²) >= 11 is 0. The number of nitrogens with zero attached hydrogens (tertiary/aromatic N) is 1. The van der Waals surface area contributed by atoms with Crippen molar-refractivity contribution >= 4 is 71.5 Å². The molecule has 30 saturated carbocycles. The third-order valence-corrected chi connectivity index (χ3v) is 47.2. The van der Waals surface area contributed by atoms with Crippen LogP contribution in [0.25, 0.3) is 0 Å². The Morgan fingerprint density at radius 3 is 0.822 bits per heavy atom. The van der Waals surface area contributed by atoms with Gasteiger partial charge in [-0.05, 0) is 445 Å². The zero-order valence-electron chi connectivity index (χ0n) is 89.2. The molecule has 0 aromatic heterocycles. The van der Waals surface area contributed by atoms with E-state index in [1.807, 2.05) is 13.0 Å². The van der Waals surface area contributed by atoms with Crippen LogP contribution in [0, 0.1) is 289 Å². The highest BCUT2D eigenvalue weighted by Crippen LogP contribution is 2.69. The van der Waals surface area contributed by atoms with Gasteiger partial charge < -0.3 is 68.6 Å². The molecular formula is C119H173N3O24. The number of aliphatic hydroxyl groups is 1. The van der Waals surface area contributed by atoms with Crippen molar-refractivity contribution in [3.05, 3.63) is 0 Å². The summed E-state index contributed by atoms with van der Waals surface area (Å²) < 4.78 is 53.2. The summed E-state index contributed by atoms with van der Waals surface area (Å²) in [5, 5.41) is 41.1. The van der Waals surface area contributed by atoms with Crippen LogP contribution in [0.2, 0.25) is 0 Å². The summed E-state index contributed by atoms with van der Waals surface area (Å²) in [5.74, 6) is 9.59. The molecule has 808 valence electrons. The van der Waals surface area contributed by atoms with Gasteiger partial charge in [-0.25, -0.2) is 0 Å². The maximum Gasteiger partial charge on any atom is 0.325 e. The average Bonchev–Trinajstić information content (AvgIpc) is 1.62. The molecule has 30 aliphatic rings. The molecule has 30 bridgehead atoms. The number of nitrogens with one attached hydrogen (secondary N) is 2. The van der Waals surface area contributed by atoms with Crippen molar-refractivity contribution in [1.82, 2.24) is 10.6 Å². The summed E-state index contributed by atoms with van der Waals surface area (Å²) in [5.41, 5.74) is -0.772. The molecule has 0 heterocycles. The van der Waals surface area contributed by atoms with Crippen LogP contribution in [0.5, 0.6) is 0 Å². The minimum Gasteiger partial charge on any atom is -0.480 e. The van der Waals surface area contributed by atoms with Crippen LogP contribution in [0.1, 0.15) is 301 Å². The number of carboxylic acid groups (broad SMARTS) is 2. The number of ether oxygens (including phenoxy) is 9. The Kier molecular flexibility index (Phi) is 29.8. The van der Waals surface area contributed by atoms with Gasteiger partial charge in [0.05, 0.1) is 84.9 Å². The average molecular weight is 2030 g/mol. The fourth-order valence-electron chi connectivity index (χ4n) is 41.8. The lowest BCUT2D eigenvalue weighted by Gasteiger charge is -2.56. The molecule has 0 radical (unpaired) electrons. The molecule has 2 amide bonds. The minimum atomic E-state index is -1.06. The second-order valence-corrected chi connectivity index (χ2v) is 54.9. The molecule has 0 spiro atoms. The highest BCUT2D eigenvalue weighted by molar-refractivity contribution is 5.91. The summed E-state index contributed by atoms with van der Waals surface area (Å²) in [7, 11) is 0. The predicted octanol–water partition coefficient (Wildman–Crippen LogP) is 17.3. The van der Waals surface area contributed by atoms with Gasteiger partial charge in [-0.3, -0.25) is 57.5 Å². The lowest BCUT2D eigenvalue weighted by molar-refractivity contribution is -0.198. The van der Waals surface area contributed by atoms with Crippen LogP contribution in [0.3, 0.4) is 0 Å². The number of rotatable bonds is 27. The number of hydrogen-bond acceptors (Lipinski definition) is 23. The Morgan fingerprint density at radius 2 is 0.562 bits per heavy atom. The van der Waals surface area contributed by atoms with E-state index in [2.05, 4.69) is 79.9 Å². The van der Waals surface area contributed by atoms with Crippen molar-refractivity contribution in [1.29, 1.82) is 5.26 Å². The molecule has 146 heavy (non-hydrogen) atoms. The van der Waals surface area contributed by atoms with Crippen molar-refractivity contribution in [2.24, 2.45) is 278 Å². The molecule has 27 nitrogen and oxygen atoms in total. The van der Waals surface area contributed by atoms with Crippen LogP contribution in [-0.4, -0.2) is 168 Å². The molecule has 0 aromatic carbocycles. The van der Waals surface area contributed by atoms with Gasteiger partial charge in [0.1, 0.15) is 61.4 Å². The number of carboxylic acids is 2. The van der Waals surface area contributed by atoms with Crippen molar-refractivity contribution < 1.29 is 115 Å². The fourth-order valence-corrected chi connectivity index (χ4v) is 41.8. The van der Waals surface area contributed by atoms with E-state index in [4.69, 9.17) is 58.1 Å². The lowest BCUT2D eigenvalue weighted by Crippen LogP contribution is -2.54. The summed E-state index contributed by atoms with van der Waals surface area (Å²) in [6.45, 7) is 26.2. The van der Waals surface area contributed by atoms with Crippen molar-refractivity contribution in [2.45, 2.75) is 336 Å². The van der Waals surface area contributed by atoms with Gasteiger partial charge in [-0.2, -0.15) is 5.26 Å². The maximum atomic E-state index is 13.6. The van der Waals surface area contributed by atoms with E-state index in [9.17, 15) is 62.6 Å². The van der Waals surface area contributed by atoms with Crippen LogP contribution < -0.4 is 10.6 Å². The largest absolute Gasteiger partial charge is 0.480 e. The van der Waals surface area contributed by atoms with Crippen LogP contribution in [-0.2, 0) is 100 Å². The molecule has 30 fully saturated rings. The van der Waals surface area contributed by atoms with Gasteiger partial charge in [0.2, 0.25) is 11.8 Å². The van der Waals surface area contributed by atoms with E-state index >= 15 is 0 Å². The number of carbonyl (C=O) groups excluding carboxylic acids is 10. The fraction of sp³-hybridized carbons (Fsp3) is 0.891. The number of esters is 8. The Hall–Kier alpha value is -6.95. The molecule has 0 aliphatic heterocycles. The summed E-state index contributed by atoms with van der Waals surface area (Å²) in [6.07, 6.45) is 38.2. The van der Waals surface area contributed by atoms with Crippen LogP contribution in [0.4, 0.5) is 0 Å². The second kappa shape index (κ2) is 41.5. The number of hydrogen-bond donors (Lipinski definition) is 5. The van der Waals surface area contributed by atoms with Crippen LogP contribution in [0.15, 0.2) is 0 Å². The summed E-state index contributed by atoms with van der Waals surface area (Å²) in [4.78, 5) is 154. The molecule has 31 atom stereocenters. The first-order chi connectivity index (χ1) is 69.8. The Labute approximate surface area is 865 Å². The van der Waals surface area contributed by atoms with Gasteiger partial charge in [-0.1, -0.05) is 69.2 Å². The quantitative estimate of drug-likeness (QED) is 0.0290. The monoisotopic (exact) mass is 2030 g/mol. The Balaban J connectivity index is 0.000000107. The van der Waals surface area contributed by atoms with E-state index in [0.717, 1.165) is 167 Å². The van der Waals surface area contributed by atoms with Gasteiger partial charge in [0, 0.05) is 6.61 Å². The van der Waals surface area contributed by atoms with E-state index < -0.39 is 60.0 Å². The van der Waals surface area contributed by atoms with Crippen molar-refractivity contribution in [3.63, 3.8) is 0 Å². The topological polar surface area (TPSA) is 396 Å². The SMILES string of the molecule is CC(NC(=O)C1C2CC(C(C)C2C)C1C(=O)OC1C2CC3CC(C2)CC1C3)C(=O)O.CC1C(C)C2CC1C(C(=O)NCC(=O)O)C2C(=O)OC1C2CC3CC(C2)CC1C3.CC1C(C)C2CC1C(C(=O)OCCC#N)C2C(=O)OC12CC3CC(CC(C3)C1)C2.CC1C(C)C2CC1C(C(=O)OCCO)C2C(=O)OC12CC3CC(CC(C3)C1)C2.CCOCCOC(=O)C1C2CC(C(C)C2C)C1C(=O)OC12CC3CC(CC(C3)C1)C2. The molecule has 31 unspecified atom stereocenters. The van der Waals surface area contributed by atoms with Crippen molar-refractivity contribution in [2.75, 3.05) is 46.2 Å². The molecule has 5 N–H and O–H groups in total. The zero-order chi connectivity index (χ0) is 103. The number of aliphatic hydroxyl groups excluding tert-OH is 1. The van der Waals surface area contributed by atoms with E-state index in [1.54, 1.807) is 0 Å². The van der Waals surface area contributed by atoms with E-state index in [-0.39, 0.29) is 204 Å². The Bertz CT molecular complexity index is 4780. The molecule has 0 aromatic rings. The third kappa shape index (κ3) is 19.5. The second-order valence-electron chi connectivity index (χ2n) is 54.9. The first-order valence-electron chi connectivity index (χ1n) is 59.0. The number of nitriles is 1. The van der Waals surface area contributed by atoms with Gasteiger partial charge >= 0.3 is 59.7 Å². The highest BCUT2D eigenvalue weighted by Gasteiger charge is 2.70. The zero-order valence-corrected chi connectivity index (χ0v) is 89.2. The molecule has 0 saturated heterocycles. The molecule has 30 rings (SSSR count). The predicted molar refractivity (Wildman–Crippen MR) is 532 cm³/mol. The van der Waals surface area contributed by atoms with Crippen molar-refractivity contribution in [3.8, 4) is 6.07 Å². The van der Waals surface area contributed by atoms with Gasteiger partial charge in [-0.15, -0.1) is 0 Å². The molecule has 27 heteroatoms.